The van der Waals surface area contributed by atoms with Gasteiger partial charge in [0, 0.05) is 17.0 Å². The minimum Gasteiger partial charge on any atom is -0.343 e. The predicted octanol–water partition coefficient (Wildman–Crippen LogP) is 5.39. The summed E-state index contributed by atoms with van der Waals surface area (Å²) < 4.78 is 0.681. The van der Waals surface area contributed by atoms with E-state index in [-0.39, 0.29) is 0 Å². The maximum Gasteiger partial charge on any atom is 0.133 e. The summed E-state index contributed by atoms with van der Waals surface area (Å²) in [7, 11) is 0. The smallest absolute Gasteiger partial charge is 0.133 e. The van der Waals surface area contributed by atoms with Gasteiger partial charge in [0.15, 0.2) is 0 Å². The van der Waals surface area contributed by atoms with Crippen LogP contribution in [0.1, 0.15) is 31.2 Å². The number of hydrogen-bond donors (Lipinski definition) is 1. The summed E-state index contributed by atoms with van der Waals surface area (Å²) in [6, 6.07) is 14.8. The molecule has 3 heteroatoms. The molecule has 0 spiro atoms. The van der Waals surface area contributed by atoms with E-state index >= 15 is 0 Å². The molecular formula is C18H18N2S. The van der Waals surface area contributed by atoms with Crippen LogP contribution in [0.4, 0.5) is 0 Å². The maximum absolute atomic E-state index is 5.44. The van der Waals surface area contributed by atoms with E-state index < -0.39 is 0 Å². The van der Waals surface area contributed by atoms with Crippen molar-refractivity contribution in [1.29, 1.82) is 0 Å². The minimum atomic E-state index is 0.320. The molecule has 0 saturated heterocycles. The van der Waals surface area contributed by atoms with Crippen LogP contribution in [0.5, 0.6) is 0 Å². The van der Waals surface area contributed by atoms with Gasteiger partial charge in [-0.15, -0.1) is 0 Å². The molecule has 0 saturated carbocycles. The first-order valence-electron chi connectivity index (χ1n) is 7.17. The van der Waals surface area contributed by atoms with Crippen molar-refractivity contribution in [3.05, 3.63) is 58.5 Å². The summed E-state index contributed by atoms with van der Waals surface area (Å²) >= 11 is 5.44. The molecule has 106 valence electrons. The number of nitrogens with zero attached hydrogens (tertiary/aromatic N) is 1. The first-order chi connectivity index (χ1) is 10.1. The molecule has 0 amide bonds. The van der Waals surface area contributed by atoms with Gasteiger partial charge in [-0.2, -0.15) is 0 Å². The Hall–Kier alpha value is -2.00. The minimum absolute atomic E-state index is 0.320. The van der Waals surface area contributed by atoms with Crippen LogP contribution < -0.4 is 0 Å². The molecule has 3 aromatic rings. The largest absolute Gasteiger partial charge is 0.343 e. The first-order valence-corrected chi connectivity index (χ1v) is 7.57. The molecule has 1 N–H and O–H groups in total. The third-order valence-corrected chi connectivity index (χ3v) is 4.17. The average molecular weight is 294 g/mol. The van der Waals surface area contributed by atoms with Gasteiger partial charge >= 0.3 is 0 Å². The molecule has 0 atom stereocenters. The van der Waals surface area contributed by atoms with E-state index in [1.165, 1.54) is 16.3 Å². The van der Waals surface area contributed by atoms with Crippen molar-refractivity contribution in [3.63, 3.8) is 0 Å². The second-order valence-electron chi connectivity index (χ2n) is 5.61. The Kier molecular flexibility index (Phi) is 3.60. The van der Waals surface area contributed by atoms with Gasteiger partial charge in [-0.05, 0) is 17.7 Å². The molecule has 21 heavy (non-hydrogen) atoms. The van der Waals surface area contributed by atoms with Crippen molar-refractivity contribution < 1.29 is 0 Å². The van der Waals surface area contributed by atoms with Crippen LogP contribution in [0.25, 0.3) is 22.0 Å². The van der Waals surface area contributed by atoms with Gasteiger partial charge in [-0.1, -0.05) is 68.5 Å². The fraction of sp³-hybridized carbons (Fsp3) is 0.222. The molecule has 0 bridgehead atoms. The number of aromatic amines is 1. The summed E-state index contributed by atoms with van der Waals surface area (Å²) in [5, 5.41) is 2.46. The van der Waals surface area contributed by atoms with Crippen LogP contribution in [-0.4, -0.2) is 9.97 Å². The van der Waals surface area contributed by atoms with Crippen LogP contribution in [-0.2, 0) is 0 Å². The third kappa shape index (κ3) is 2.49. The van der Waals surface area contributed by atoms with Crippen molar-refractivity contribution in [1.82, 2.24) is 9.97 Å². The summed E-state index contributed by atoms with van der Waals surface area (Å²) in [5.41, 5.74) is 3.29. The second kappa shape index (κ2) is 5.41. The quantitative estimate of drug-likeness (QED) is 0.642. The average Bonchev–Trinajstić information content (AvgIpc) is 2.49. The zero-order chi connectivity index (χ0) is 15.0. The van der Waals surface area contributed by atoms with Crippen LogP contribution in [0.2, 0.25) is 0 Å². The van der Waals surface area contributed by atoms with Gasteiger partial charge in [0.25, 0.3) is 0 Å². The number of hydrogen-bond acceptors (Lipinski definition) is 2. The standard InChI is InChI=1S/C18H18N2S/c1-11(2)17-19-16(12(3)18(21)20-17)15-10-6-8-13-7-4-5-9-14(13)15/h4-11H,1-3H3,(H,19,20,21). The topological polar surface area (TPSA) is 28.7 Å². The molecule has 0 radical (unpaired) electrons. The Labute approximate surface area is 129 Å². The number of fused-ring (bicyclic) bond motifs is 1. The number of rotatable bonds is 2. The van der Waals surface area contributed by atoms with Crippen LogP contribution in [0, 0.1) is 11.6 Å². The Morgan fingerprint density at radius 3 is 2.52 bits per heavy atom. The zero-order valence-corrected chi connectivity index (χ0v) is 13.3. The molecule has 0 aliphatic rings. The molecule has 1 aromatic heterocycles. The van der Waals surface area contributed by atoms with Gasteiger partial charge in [-0.25, -0.2) is 4.98 Å². The molecule has 0 aliphatic carbocycles. The van der Waals surface area contributed by atoms with Gasteiger partial charge in [0.05, 0.1) is 5.69 Å². The molecule has 0 fully saturated rings. The lowest BCUT2D eigenvalue weighted by Crippen LogP contribution is -2.02. The van der Waals surface area contributed by atoms with E-state index in [0.717, 1.165) is 17.1 Å². The maximum atomic E-state index is 5.44. The van der Waals surface area contributed by atoms with E-state index in [2.05, 4.69) is 66.3 Å². The predicted molar refractivity (Wildman–Crippen MR) is 91.2 cm³/mol. The highest BCUT2D eigenvalue weighted by atomic mass is 32.1. The lowest BCUT2D eigenvalue weighted by atomic mass is 9.99. The summed E-state index contributed by atoms with van der Waals surface area (Å²) in [6.45, 7) is 6.28. The molecule has 3 rings (SSSR count). The van der Waals surface area contributed by atoms with Gasteiger partial charge < -0.3 is 4.98 Å². The number of H-pyrrole nitrogens is 1. The highest BCUT2D eigenvalue weighted by Gasteiger charge is 2.11. The Morgan fingerprint density at radius 2 is 1.76 bits per heavy atom. The van der Waals surface area contributed by atoms with Crippen LogP contribution in [0.3, 0.4) is 0 Å². The molecule has 2 aromatic carbocycles. The fourth-order valence-corrected chi connectivity index (χ4v) is 2.74. The van der Waals surface area contributed by atoms with Crippen molar-refractivity contribution in [2.75, 3.05) is 0 Å². The van der Waals surface area contributed by atoms with Gasteiger partial charge in [0.2, 0.25) is 0 Å². The van der Waals surface area contributed by atoms with Gasteiger partial charge in [0.1, 0.15) is 10.5 Å². The first kappa shape index (κ1) is 14.0. The summed E-state index contributed by atoms with van der Waals surface area (Å²) in [5.74, 6) is 1.26. The SMILES string of the molecule is Cc1c(-c2cccc3ccccc23)[nH]c(C(C)C)nc1=S. The normalized spacial score (nSPS) is 11.2. The van der Waals surface area contributed by atoms with Crippen molar-refractivity contribution in [2.24, 2.45) is 0 Å². The van der Waals surface area contributed by atoms with E-state index in [0.29, 0.717) is 10.6 Å². The number of benzene rings is 2. The Morgan fingerprint density at radius 1 is 1.05 bits per heavy atom. The van der Waals surface area contributed by atoms with Crippen LogP contribution in [0.15, 0.2) is 42.5 Å². The zero-order valence-electron chi connectivity index (χ0n) is 12.5. The number of aromatic nitrogens is 2. The third-order valence-electron chi connectivity index (χ3n) is 3.78. The highest BCUT2D eigenvalue weighted by molar-refractivity contribution is 7.71. The van der Waals surface area contributed by atoms with Crippen LogP contribution >= 0.6 is 12.2 Å². The monoisotopic (exact) mass is 294 g/mol. The summed E-state index contributed by atoms with van der Waals surface area (Å²) in [6.07, 6.45) is 0. The van der Waals surface area contributed by atoms with Crippen molar-refractivity contribution in [3.8, 4) is 11.3 Å². The molecule has 2 nitrogen and oxygen atoms in total. The number of nitrogens with one attached hydrogen (secondary N) is 1. The Balaban J connectivity index is 2.35. The lowest BCUT2D eigenvalue weighted by Gasteiger charge is -2.13. The molecule has 0 aliphatic heterocycles. The van der Waals surface area contributed by atoms with E-state index in [4.69, 9.17) is 12.2 Å². The lowest BCUT2D eigenvalue weighted by molar-refractivity contribution is 0.770. The van der Waals surface area contributed by atoms with E-state index in [1.807, 2.05) is 6.92 Å². The second-order valence-corrected chi connectivity index (χ2v) is 6.00. The molecule has 0 unspecified atom stereocenters. The van der Waals surface area contributed by atoms with E-state index in [1.54, 1.807) is 0 Å². The fourth-order valence-electron chi connectivity index (χ4n) is 2.54. The molecular weight excluding hydrogens is 276 g/mol. The Bertz CT molecular complexity index is 857. The summed E-state index contributed by atoms with van der Waals surface area (Å²) in [4.78, 5) is 7.98. The van der Waals surface area contributed by atoms with Crippen molar-refractivity contribution in [2.45, 2.75) is 26.7 Å². The van der Waals surface area contributed by atoms with E-state index in [9.17, 15) is 0 Å². The highest BCUT2D eigenvalue weighted by Crippen LogP contribution is 2.30. The van der Waals surface area contributed by atoms with Gasteiger partial charge in [-0.3, -0.25) is 0 Å². The molecule has 1 heterocycles. The van der Waals surface area contributed by atoms with Crippen molar-refractivity contribution >= 4 is 23.0 Å².